The highest BCUT2D eigenvalue weighted by molar-refractivity contribution is 6.00. The van der Waals surface area contributed by atoms with Gasteiger partial charge in [-0.1, -0.05) is 279 Å². The van der Waals surface area contributed by atoms with E-state index in [4.69, 9.17) is 9.97 Å². The summed E-state index contributed by atoms with van der Waals surface area (Å²) in [4.78, 5) is 10.4. The fourth-order valence-corrected chi connectivity index (χ4v) is 12.1. The number of benzene rings is 12. The zero-order valence-corrected chi connectivity index (χ0v) is 43.4. The third kappa shape index (κ3) is 8.67. The minimum Gasteiger partial charge on any atom is -0.228 e. The van der Waals surface area contributed by atoms with Crippen LogP contribution in [0.5, 0.6) is 0 Å². The molecule has 0 saturated carbocycles. The standard InChI is InChI=1S/C77H52N2/c1-7-23-53(24-8-1)55-41-43-56(44-42-55)73-52-74(79-76(78-73)58-29-13-4-14-30-58)63-34-22-32-60(48-63)59-31-21-33-61(47-59)68-50-64(54-25-9-2-10-26-54)51-69(75(68)57-27-11-3-12-28-57)62-45-46-72-70(49-62)67-39-19-20-40-71(67)77(72,65-35-15-5-16-36-65)66-37-17-6-18-38-66/h1-52H. The van der Waals surface area contributed by atoms with Crippen LogP contribution in [0.15, 0.2) is 315 Å². The van der Waals surface area contributed by atoms with Crippen molar-refractivity contribution in [3.8, 4) is 112 Å². The van der Waals surface area contributed by atoms with Crippen LogP contribution in [0.3, 0.4) is 0 Å². The zero-order valence-electron chi connectivity index (χ0n) is 43.4. The number of hydrogen-bond donors (Lipinski definition) is 0. The van der Waals surface area contributed by atoms with Crippen LogP contribution in [0.1, 0.15) is 22.3 Å². The van der Waals surface area contributed by atoms with Crippen molar-refractivity contribution in [1.29, 1.82) is 0 Å². The summed E-state index contributed by atoms with van der Waals surface area (Å²) in [5, 5.41) is 0. The predicted molar refractivity (Wildman–Crippen MR) is 328 cm³/mol. The molecule has 79 heavy (non-hydrogen) atoms. The molecule has 0 saturated heterocycles. The molecule has 370 valence electrons. The van der Waals surface area contributed by atoms with Crippen LogP contribution >= 0.6 is 0 Å². The van der Waals surface area contributed by atoms with Gasteiger partial charge in [-0.25, -0.2) is 9.97 Å². The average Bonchev–Trinajstić information content (AvgIpc) is 3.98. The Labute approximate surface area is 462 Å². The number of hydrogen-bond acceptors (Lipinski definition) is 2. The predicted octanol–water partition coefficient (Wildman–Crippen LogP) is 19.8. The Hall–Kier alpha value is -10.3. The van der Waals surface area contributed by atoms with Gasteiger partial charge in [0.15, 0.2) is 5.82 Å². The summed E-state index contributed by atoms with van der Waals surface area (Å²) >= 11 is 0. The molecule has 1 heterocycles. The lowest BCUT2D eigenvalue weighted by Crippen LogP contribution is -2.28. The Bertz CT molecular complexity index is 4270. The van der Waals surface area contributed by atoms with Gasteiger partial charge in [0.25, 0.3) is 0 Å². The highest BCUT2D eigenvalue weighted by Gasteiger charge is 2.46. The van der Waals surface area contributed by atoms with E-state index in [9.17, 15) is 0 Å². The van der Waals surface area contributed by atoms with Crippen molar-refractivity contribution in [2.45, 2.75) is 5.41 Å². The van der Waals surface area contributed by atoms with Crippen molar-refractivity contribution in [2.24, 2.45) is 0 Å². The van der Waals surface area contributed by atoms with E-state index < -0.39 is 5.41 Å². The molecule has 0 spiro atoms. The number of aromatic nitrogens is 2. The van der Waals surface area contributed by atoms with Crippen molar-refractivity contribution < 1.29 is 0 Å². The quantitative estimate of drug-likeness (QED) is 0.129. The van der Waals surface area contributed by atoms with Gasteiger partial charge in [0.1, 0.15) is 0 Å². The first-order valence-corrected chi connectivity index (χ1v) is 27.1. The SMILES string of the molecule is c1ccc(-c2ccc(-c3cc(-c4cccc(-c5cccc(-c6cc(-c7ccccc7)cc(-c7ccc8c(c7)-c7ccccc7C8(c7ccccc7)c7ccccc7)c6-c6ccccc6)c5)c4)nc(-c4ccccc4)n3)cc2)cc1. The maximum absolute atomic E-state index is 5.25. The molecular weight excluding hydrogens is 953 g/mol. The lowest BCUT2D eigenvalue weighted by Gasteiger charge is -2.34. The van der Waals surface area contributed by atoms with Gasteiger partial charge in [0.2, 0.25) is 0 Å². The molecule has 0 N–H and O–H groups in total. The second-order valence-corrected chi connectivity index (χ2v) is 20.4. The molecule has 12 aromatic carbocycles. The van der Waals surface area contributed by atoms with Crippen LogP contribution in [0.4, 0.5) is 0 Å². The Kier molecular flexibility index (Phi) is 12.2. The molecule has 2 nitrogen and oxygen atoms in total. The van der Waals surface area contributed by atoms with E-state index >= 15 is 0 Å². The molecule has 14 rings (SSSR count). The number of rotatable bonds is 11. The Morgan fingerprint density at radius 3 is 1.18 bits per heavy atom. The molecule has 1 aliphatic carbocycles. The third-order valence-electron chi connectivity index (χ3n) is 15.8. The van der Waals surface area contributed by atoms with Gasteiger partial charge < -0.3 is 0 Å². The monoisotopic (exact) mass is 1000 g/mol. The van der Waals surface area contributed by atoms with Crippen LogP contribution in [0.25, 0.3) is 112 Å². The zero-order chi connectivity index (χ0) is 52.5. The van der Waals surface area contributed by atoms with Gasteiger partial charge in [0.05, 0.1) is 16.8 Å². The summed E-state index contributed by atoms with van der Waals surface area (Å²) < 4.78 is 0. The fourth-order valence-electron chi connectivity index (χ4n) is 12.1. The van der Waals surface area contributed by atoms with E-state index in [2.05, 4.69) is 297 Å². The lowest BCUT2D eigenvalue weighted by molar-refractivity contribution is 0.768. The molecule has 13 aromatic rings. The highest BCUT2D eigenvalue weighted by atomic mass is 14.9. The summed E-state index contributed by atoms with van der Waals surface area (Å²) in [7, 11) is 0. The van der Waals surface area contributed by atoms with Gasteiger partial charge in [-0.3, -0.25) is 0 Å². The maximum Gasteiger partial charge on any atom is 0.160 e. The van der Waals surface area contributed by atoms with Gasteiger partial charge in [-0.2, -0.15) is 0 Å². The normalized spacial score (nSPS) is 12.2. The smallest absolute Gasteiger partial charge is 0.160 e. The largest absolute Gasteiger partial charge is 0.228 e. The molecular formula is C77H52N2. The van der Waals surface area contributed by atoms with E-state index in [-0.39, 0.29) is 0 Å². The summed E-state index contributed by atoms with van der Waals surface area (Å²) in [5.74, 6) is 0.689. The van der Waals surface area contributed by atoms with E-state index in [0.29, 0.717) is 5.82 Å². The van der Waals surface area contributed by atoms with E-state index in [1.807, 2.05) is 18.2 Å². The van der Waals surface area contributed by atoms with Crippen molar-refractivity contribution >= 4 is 0 Å². The van der Waals surface area contributed by atoms with Gasteiger partial charge >= 0.3 is 0 Å². The van der Waals surface area contributed by atoms with E-state index in [0.717, 1.165) is 61.5 Å². The Morgan fingerprint density at radius 2 is 0.582 bits per heavy atom. The summed E-state index contributed by atoms with van der Waals surface area (Å²) in [5.41, 5.74) is 25.8. The number of nitrogens with zero attached hydrogens (tertiary/aromatic N) is 2. The van der Waals surface area contributed by atoms with Crippen LogP contribution in [0.2, 0.25) is 0 Å². The van der Waals surface area contributed by atoms with Crippen molar-refractivity contribution in [3.63, 3.8) is 0 Å². The molecule has 1 aliphatic rings. The second-order valence-electron chi connectivity index (χ2n) is 20.4. The first kappa shape index (κ1) is 47.2. The van der Waals surface area contributed by atoms with Gasteiger partial charge in [-0.15, -0.1) is 0 Å². The number of fused-ring (bicyclic) bond motifs is 3. The third-order valence-corrected chi connectivity index (χ3v) is 15.8. The maximum atomic E-state index is 5.25. The van der Waals surface area contributed by atoms with Crippen LogP contribution in [0, 0.1) is 0 Å². The summed E-state index contributed by atoms with van der Waals surface area (Å²) in [6, 6.07) is 114. The molecule has 0 aliphatic heterocycles. The Morgan fingerprint density at radius 1 is 0.203 bits per heavy atom. The minimum absolute atomic E-state index is 0.487. The highest BCUT2D eigenvalue weighted by Crippen LogP contribution is 2.57. The average molecular weight is 1010 g/mol. The van der Waals surface area contributed by atoms with Crippen LogP contribution in [-0.2, 0) is 5.41 Å². The Balaban J connectivity index is 0.919. The first-order valence-electron chi connectivity index (χ1n) is 27.1. The molecule has 0 fully saturated rings. The second kappa shape index (κ2) is 20.3. The van der Waals surface area contributed by atoms with Gasteiger partial charge in [-0.05, 0) is 137 Å². The fraction of sp³-hybridized carbons (Fsp3) is 0.0130. The van der Waals surface area contributed by atoms with E-state index in [1.165, 1.54) is 66.8 Å². The van der Waals surface area contributed by atoms with Crippen molar-refractivity contribution in [3.05, 3.63) is 338 Å². The van der Waals surface area contributed by atoms with Crippen LogP contribution in [-0.4, -0.2) is 9.97 Å². The molecule has 0 amide bonds. The van der Waals surface area contributed by atoms with Crippen molar-refractivity contribution in [1.82, 2.24) is 9.97 Å². The minimum atomic E-state index is -0.487. The molecule has 2 heteroatoms. The molecule has 0 radical (unpaired) electrons. The molecule has 1 aromatic heterocycles. The molecule has 0 atom stereocenters. The summed E-state index contributed by atoms with van der Waals surface area (Å²) in [6.07, 6.45) is 0. The van der Waals surface area contributed by atoms with Crippen LogP contribution < -0.4 is 0 Å². The van der Waals surface area contributed by atoms with E-state index in [1.54, 1.807) is 0 Å². The van der Waals surface area contributed by atoms with Crippen molar-refractivity contribution in [2.75, 3.05) is 0 Å². The molecule has 0 bridgehead atoms. The summed E-state index contributed by atoms with van der Waals surface area (Å²) in [6.45, 7) is 0. The first-order chi connectivity index (χ1) is 39.2. The topological polar surface area (TPSA) is 25.8 Å². The van der Waals surface area contributed by atoms with Gasteiger partial charge in [0, 0.05) is 16.7 Å². The lowest BCUT2D eigenvalue weighted by atomic mass is 9.67. The molecule has 0 unspecified atom stereocenters.